The number of nitrogens with zero attached hydrogens (tertiary/aromatic N) is 2. The highest BCUT2D eigenvalue weighted by Gasteiger charge is 2.06. The Hall–Kier alpha value is -1.37. The van der Waals surface area contributed by atoms with Crippen LogP contribution in [0.25, 0.3) is 0 Å². The first-order chi connectivity index (χ1) is 11.2. The van der Waals surface area contributed by atoms with Crippen molar-refractivity contribution in [3.8, 4) is 0 Å². The van der Waals surface area contributed by atoms with Crippen molar-refractivity contribution >= 4 is 39.6 Å². The highest BCUT2D eigenvalue weighted by atomic mass is 32.2. The number of thioether (sulfide) groups is 1. The summed E-state index contributed by atoms with van der Waals surface area (Å²) in [7, 11) is 0. The van der Waals surface area contributed by atoms with E-state index in [0.29, 0.717) is 0 Å². The third-order valence-electron chi connectivity index (χ3n) is 3.49. The molecule has 2 aromatic heterocycles. The van der Waals surface area contributed by atoms with E-state index in [1.165, 1.54) is 21.6 Å². The summed E-state index contributed by atoms with van der Waals surface area (Å²) in [5, 5.41) is 14.9. The van der Waals surface area contributed by atoms with E-state index in [-0.39, 0.29) is 0 Å². The van der Waals surface area contributed by atoms with Crippen LogP contribution in [0.15, 0.2) is 40.1 Å². The van der Waals surface area contributed by atoms with Crippen LogP contribution in [0, 0.1) is 13.8 Å². The van der Waals surface area contributed by atoms with Crippen LogP contribution >= 0.6 is 34.4 Å². The van der Waals surface area contributed by atoms with Crippen molar-refractivity contribution in [3.05, 3.63) is 57.3 Å². The monoisotopic (exact) mass is 361 g/mol. The first-order valence-electron chi connectivity index (χ1n) is 7.49. The quantitative estimate of drug-likeness (QED) is 0.590. The van der Waals surface area contributed by atoms with Gasteiger partial charge in [-0.2, -0.15) is 0 Å². The maximum Gasteiger partial charge on any atom is 0.206 e. The molecule has 3 nitrogen and oxygen atoms in total. The van der Waals surface area contributed by atoms with E-state index < -0.39 is 0 Å². The predicted octanol–water partition coefficient (Wildman–Crippen LogP) is 5.16. The summed E-state index contributed by atoms with van der Waals surface area (Å²) >= 11 is 5.18. The molecule has 0 saturated carbocycles. The summed E-state index contributed by atoms with van der Waals surface area (Å²) < 4.78 is 1.02. The van der Waals surface area contributed by atoms with Gasteiger partial charge in [0.25, 0.3) is 0 Å². The Balaban J connectivity index is 1.50. The predicted molar refractivity (Wildman–Crippen MR) is 102 cm³/mol. The molecule has 1 N–H and O–H groups in total. The van der Waals surface area contributed by atoms with Crippen molar-refractivity contribution in [2.75, 3.05) is 11.9 Å². The minimum Gasteiger partial charge on any atom is -0.360 e. The van der Waals surface area contributed by atoms with E-state index in [9.17, 15) is 0 Å². The fourth-order valence-electron chi connectivity index (χ4n) is 2.18. The molecule has 23 heavy (non-hydrogen) atoms. The molecule has 0 unspecified atom stereocenters. The zero-order valence-electron chi connectivity index (χ0n) is 13.2. The van der Waals surface area contributed by atoms with Gasteiger partial charge in [0, 0.05) is 17.2 Å². The van der Waals surface area contributed by atoms with Gasteiger partial charge in [-0.05, 0) is 42.8 Å². The van der Waals surface area contributed by atoms with E-state index in [1.807, 2.05) is 0 Å². The lowest BCUT2D eigenvalue weighted by Gasteiger charge is -2.05. The first-order valence-corrected chi connectivity index (χ1v) is 10.2. The van der Waals surface area contributed by atoms with Gasteiger partial charge >= 0.3 is 0 Å². The van der Waals surface area contributed by atoms with E-state index in [4.69, 9.17) is 0 Å². The van der Waals surface area contributed by atoms with Crippen molar-refractivity contribution in [2.24, 2.45) is 0 Å². The van der Waals surface area contributed by atoms with Crippen LogP contribution in [-0.4, -0.2) is 16.7 Å². The van der Waals surface area contributed by atoms with Crippen molar-refractivity contribution in [1.82, 2.24) is 10.2 Å². The summed E-state index contributed by atoms with van der Waals surface area (Å²) in [5.74, 6) is 0.942. The Labute approximate surface area is 149 Å². The SMILES string of the molecule is Cc1ccc(C)c(CSc2nnc(NCCc3cccs3)s2)c1. The summed E-state index contributed by atoms with van der Waals surface area (Å²) in [6.45, 7) is 5.19. The smallest absolute Gasteiger partial charge is 0.206 e. The molecule has 0 fully saturated rings. The van der Waals surface area contributed by atoms with E-state index in [2.05, 4.69) is 65.1 Å². The highest BCUT2D eigenvalue weighted by Crippen LogP contribution is 2.29. The second-order valence-corrected chi connectivity index (χ2v) is 8.58. The minimum absolute atomic E-state index is 0.900. The van der Waals surface area contributed by atoms with E-state index in [0.717, 1.165) is 28.2 Å². The van der Waals surface area contributed by atoms with Crippen molar-refractivity contribution in [1.29, 1.82) is 0 Å². The normalized spacial score (nSPS) is 10.9. The third kappa shape index (κ3) is 4.80. The number of anilines is 1. The van der Waals surface area contributed by atoms with Gasteiger partial charge in [-0.3, -0.25) is 0 Å². The Kier molecular flexibility index (Phi) is 5.70. The molecule has 0 saturated heterocycles. The molecule has 0 aliphatic carbocycles. The van der Waals surface area contributed by atoms with Crippen LogP contribution in [-0.2, 0) is 12.2 Å². The maximum absolute atomic E-state index is 4.27. The number of nitrogens with one attached hydrogen (secondary N) is 1. The maximum atomic E-state index is 4.27. The fraction of sp³-hybridized carbons (Fsp3) is 0.294. The van der Waals surface area contributed by atoms with Crippen molar-refractivity contribution in [3.63, 3.8) is 0 Å². The van der Waals surface area contributed by atoms with Gasteiger partial charge in [0.15, 0.2) is 4.34 Å². The van der Waals surface area contributed by atoms with Crippen LogP contribution in [0.4, 0.5) is 5.13 Å². The first kappa shape index (κ1) is 16.5. The molecular weight excluding hydrogens is 342 g/mol. The number of aryl methyl sites for hydroxylation is 2. The zero-order chi connectivity index (χ0) is 16.1. The van der Waals surface area contributed by atoms with Crippen molar-refractivity contribution in [2.45, 2.75) is 30.4 Å². The second-order valence-electron chi connectivity index (χ2n) is 5.35. The summed E-state index contributed by atoms with van der Waals surface area (Å²) in [4.78, 5) is 1.39. The van der Waals surface area contributed by atoms with Gasteiger partial charge in [-0.25, -0.2) is 0 Å². The fourth-order valence-corrected chi connectivity index (χ4v) is 4.73. The van der Waals surface area contributed by atoms with Gasteiger partial charge in [0.05, 0.1) is 0 Å². The Morgan fingerprint density at radius 2 is 2.09 bits per heavy atom. The number of hydrogen-bond donors (Lipinski definition) is 1. The number of benzene rings is 1. The molecule has 0 bridgehead atoms. The topological polar surface area (TPSA) is 37.8 Å². The molecule has 120 valence electrons. The summed E-state index contributed by atoms with van der Waals surface area (Å²) in [5.41, 5.74) is 4.01. The van der Waals surface area contributed by atoms with Crippen molar-refractivity contribution < 1.29 is 0 Å². The third-order valence-corrected chi connectivity index (χ3v) is 6.49. The Morgan fingerprint density at radius 1 is 1.17 bits per heavy atom. The average Bonchev–Trinajstić information content (AvgIpc) is 3.20. The molecule has 2 heterocycles. The minimum atomic E-state index is 0.900. The molecule has 0 amide bonds. The molecule has 0 spiro atoms. The molecule has 0 aliphatic heterocycles. The summed E-state index contributed by atoms with van der Waals surface area (Å²) in [6.07, 6.45) is 1.03. The second kappa shape index (κ2) is 7.95. The number of rotatable bonds is 7. The van der Waals surface area contributed by atoms with Gasteiger partial charge in [0.1, 0.15) is 0 Å². The number of hydrogen-bond acceptors (Lipinski definition) is 6. The zero-order valence-corrected chi connectivity index (χ0v) is 15.7. The largest absolute Gasteiger partial charge is 0.360 e. The molecule has 1 aromatic carbocycles. The molecule has 0 radical (unpaired) electrons. The van der Waals surface area contributed by atoms with Crippen LogP contribution in [0.5, 0.6) is 0 Å². The Morgan fingerprint density at radius 3 is 2.91 bits per heavy atom. The van der Waals surface area contributed by atoms with Crippen LogP contribution in [0.2, 0.25) is 0 Å². The van der Waals surface area contributed by atoms with E-state index >= 15 is 0 Å². The molecular formula is C17H19N3S3. The van der Waals surface area contributed by atoms with Gasteiger partial charge in [-0.1, -0.05) is 52.9 Å². The van der Waals surface area contributed by atoms with Crippen LogP contribution in [0.3, 0.4) is 0 Å². The van der Waals surface area contributed by atoms with Gasteiger partial charge < -0.3 is 5.32 Å². The molecule has 3 rings (SSSR count). The lowest BCUT2D eigenvalue weighted by Crippen LogP contribution is -2.03. The molecule has 0 aliphatic rings. The molecule has 6 heteroatoms. The van der Waals surface area contributed by atoms with Gasteiger partial charge in [0.2, 0.25) is 5.13 Å². The standard InChI is InChI=1S/C17H19N3S3/c1-12-5-6-13(2)14(10-12)11-22-17-20-19-16(23-17)18-8-7-15-4-3-9-21-15/h3-6,9-10H,7-8,11H2,1-2H3,(H,18,19). The van der Waals surface area contributed by atoms with E-state index in [1.54, 1.807) is 34.4 Å². The lowest BCUT2D eigenvalue weighted by atomic mass is 10.1. The highest BCUT2D eigenvalue weighted by molar-refractivity contribution is 8.00. The number of aromatic nitrogens is 2. The Bertz CT molecular complexity index is 750. The number of thiophene rings is 1. The van der Waals surface area contributed by atoms with Crippen LogP contribution < -0.4 is 5.32 Å². The molecule has 3 aromatic rings. The molecule has 0 atom stereocenters. The van der Waals surface area contributed by atoms with Gasteiger partial charge in [-0.15, -0.1) is 21.5 Å². The lowest BCUT2D eigenvalue weighted by molar-refractivity contribution is 0.980. The summed E-state index contributed by atoms with van der Waals surface area (Å²) in [6, 6.07) is 10.8. The van der Waals surface area contributed by atoms with Crippen LogP contribution in [0.1, 0.15) is 21.6 Å². The average molecular weight is 362 g/mol.